The van der Waals surface area contributed by atoms with Gasteiger partial charge in [0.25, 0.3) is 0 Å². The highest BCUT2D eigenvalue weighted by molar-refractivity contribution is 5.45. The van der Waals surface area contributed by atoms with Gasteiger partial charge in [-0.25, -0.2) is 4.39 Å². The minimum Gasteiger partial charge on any atom is -0.391 e. The van der Waals surface area contributed by atoms with E-state index in [1.54, 1.807) is 6.07 Å². The van der Waals surface area contributed by atoms with Crippen molar-refractivity contribution in [3.63, 3.8) is 0 Å². The lowest BCUT2D eigenvalue weighted by Crippen LogP contribution is -2.32. The molecular weight excluding hydrogens is 283 g/mol. The highest BCUT2D eigenvalue weighted by Gasteiger charge is 2.48. The van der Waals surface area contributed by atoms with Gasteiger partial charge in [-0.1, -0.05) is 30.3 Å². The number of rotatable bonds is 1. The lowest BCUT2D eigenvalue weighted by molar-refractivity contribution is -0.214. The number of benzene rings is 2. The fourth-order valence-corrected chi connectivity index (χ4v) is 3.73. The summed E-state index contributed by atoms with van der Waals surface area (Å²) < 4.78 is 19.5. The Bertz CT molecular complexity index is 730. The van der Waals surface area contributed by atoms with Gasteiger partial charge in [0.2, 0.25) is 0 Å². The van der Waals surface area contributed by atoms with Crippen LogP contribution in [0.5, 0.6) is 0 Å². The van der Waals surface area contributed by atoms with Crippen LogP contribution in [0, 0.1) is 5.82 Å². The highest BCUT2D eigenvalue weighted by atomic mass is 19.1. The molecule has 0 amide bonds. The van der Waals surface area contributed by atoms with E-state index in [0.29, 0.717) is 6.42 Å². The summed E-state index contributed by atoms with van der Waals surface area (Å²) in [4.78, 5) is 0. The molecule has 2 N–H and O–H groups in total. The number of fused-ring (bicyclic) bond motifs is 5. The summed E-state index contributed by atoms with van der Waals surface area (Å²) in [5.74, 6) is -1.97. The van der Waals surface area contributed by atoms with Crippen LogP contribution in [0.3, 0.4) is 0 Å². The Morgan fingerprint density at radius 2 is 1.91 bits per heavy atom. The third-order valence-corrected chi connectivity index (χ3v) is 4.75. The van der Waals surface area contributed by atoms with E-state index in [2.05, 4.69) is 6.07 Å². The topological polar surface area (TPSA) is 49.7 Å². The summed E-state index contributed by atoms with van der Waals surface area (Å²) in [5.41, 5.74) is 4.04. The fourth-order valence-electron chi connectivity index (χ4n) is 3.73. The third kappa shape index (κ3) is 2.07. The van der Waals surface area contributed by atoms with Gasteiger partial charge in [0, 0.05) is 12.3 Å². The number of halogens is 1. The molecule has 4 heteroatoms. The van der Waals surface area contributed by atoms with Crippen molar-refractivity contribution in [1.29, 1.82) is 0 Å². The quantitative estimate of drug-likeness (QED) is 0.851. The van der Waals surface area contributed by atoms with Crippen LogP contribution in [0.4, 0.5) is 4.39 Å². The van der Waals surface area contributed by atoms with Crippen molar-refractivity contribution in [2.45, 2.75) is 30.7 Å². The zero-order chi connectivity index (χ0) is 15.3. The van der Waals surface area contributed by atoms with Crippen molar-refractivity contribution in [3.8, 4) is 0 Å². The largest absolute Gasteiger partial charge is 0.391 e. The van der Waals surface area contributed by atoms with Crippen molar-refractivity contribution in [2.75, 3.05) is 6.61 Å². The van der Waals surface area contributed by atoms with E-state index in [9.17, 15) is 14.6 Å². The SMILES string of the molecule is OCC1(O)C[C@@H]2c3ccccc3Cc3ccc(F)cc3[C@H]2O1. The van der Waals surface area contributed by atoms with Gasteiger partial charge in [-0.05, 0) is 40.8 Å². The second-order valence-electron chi connectivity index (χ2n) is 6.17. The number of hydrogen-bond acceptors (Lipinski definition) is 3. The van der Waals surface area contributed by atoms with Gasteiger partial charge in [-0.2, -0.15) is 0 Å². The van der Waals surface area contributed by atoms with Crippen LogP contribution in [0.1, 0.15) is 40.7 Å². The third-order valence-electron chi connectivity index (χ3n) is 4.75. The molecule has 2 aliphatic rings. The molecule has 4 rings (SSSR count). The second kappa shape index (κ2) is 4.88. The van der Waals surface area contributed by atoms with Crippen molar-refractivity contribution in [1.82, 2.24) is 0 Å². The fraction of sp³-hybridized carbons (Fsp3) is 0.333. The van der Waals surface area contributed by atoms with Gasteiger partial charge in [-0.15, -0.1) is 0 Å². The summed E-state index contributed by atoms with van der Waals surface area (Å²) >= 11 is 0. The molecule has 0 spiro atoms. The summed E-state index contributed by atoms with van der Waals surface area (Å²) in [5, 5.41) is 19.8. The van der Waals surface area contributed by atoms with Gasteiger partial charge in [-0.3, -0.25) is 0 Å². The summed E-state index contributed by atoms with van der Waals surface area (Å²) in [6.45, 7) is -0.465. The molecule has 1 aliphatic heterocycles. The molecule has 0 aromatic heterocycles. The maximum absolute atomic E-state index is 13.7. The van der Waals surface area contributed by atoms with E-state index < -0.39 is 18.5 Å². The lowest BCUT2D eigenvalue weighted by Gasteiger charge is -2.21. The summed E-state index contributed by atoms with van der Waals surface area (Å²) in [7, 11) is 0. The molecule has 2 aromatic carbocycles. The van der Waals surface area contributed by atoms with E-state index in [-0.39, 0.29) is 11.7 Å². The molecule has 114 valence electrons. The normalized spacial score (nSPS) is 29.4. The Labute approximate surface area is 128 Å². The predicted molar refractivity (Wildman–Crippen MR) is 78.9 cm³/mol. The van der Waals surface area contributed by atoms with Gasteiger partial charge < -0.3 is 14.9 Å². The second-order valence-corrected chi connectivity index (χ2v) is 6.17. The Balaban J connectivity index is 1.91. The van der Waals surface area contributed by atoms with Crippen LogP contribution >= 0.6 is 0 Å². The van der Waals surface area contributed by atoms with E-state index >= 15 is 0 Å². The summed E-state index contributed by atoms with van der Waals surface area (Å²) in [6.07, 6.45) is 0.590. The first kappa shape index (κ1) is 13.9. The number of hydrogen-bond donors (Lipinski definition) is 2. The van der Waals surface area contributed by atoms with Gasteiger partial charge in [0.05, 0.1) is 12.7 Å². The Kier molecular flexibility index (Phi) is 3.08. The van der Waals surface area contributed by atoms with Crippen LogP contribution < -0.4 is 0 Å². The molecular formula is C18H17FO3. The highest BCUT2D eigenvalue weighted by Crippen LogP contribution is 2.51. The standard InChI is InChI=1S/C18H17FO3/c19-13-6-5-12-7-11-3-1-2-4-14(11)16-9-18(21,10-20)22-17(16)15(12)8-13/h1-6,8,16-17,20-21H,7,9-10H2/t16-,17-,18?/m1/s1. The van der Waals surface area contributed by atoms with Crippen LogP contribution in [0.15, 0.2) is 42.5 Å². The van der Waals surface area contributed by atoms with Crippen molar-refractivity contribution in [2.24, 2.45) is 0 Å². The molecule has 1 heterocycles. The van der Waals surface area contributed by atoms with Crippen molar-refractivity contribution < 1.29 is 19.3 Å². The maximum atomic E-state index is 13.7. The molecule has 0 bridgehead atoms. The predicted octanol–water partition coefficient (Wildman–Crippen LogP) is 2.66. The summed E-state index contributed by atoms with van der Waals surface area (Å²) in [6, 6.07) is 12.8. The molecule has 1 unspecified atom stereocenters. The molecule has 3 atom stereocenters. The van der Waals surface area contributed by atoms with E-state index in [4.69, 9.17) is 4.74 Å². The van der Waals surface area contributed by atoms with Gasteiger partial charge in [0.1, 0.15) is 5.82 Å². The number of aliphatic hydroxyl groups excluding tert-OH is 1. The minimum absolute atomic E-state index is 0.0867. The monoisotopic (exact) mass is 300 g/mol. The zero-order valence-electron chi connectivity index (χ0n) is 12.0. The van der Waals surface area contributed by atoms with Gasteiger partial charge in [0.15, 0.2) is 5.79 Å². The first-order chi connectivity index (χ1) is 10.6. The smallest absolute Gasteiger partial charge is 0.190 e. The van der Waals surface area contributed by atoms with E-state index in [1.165, 1.54) is 12.1 Å². The van der Waals surface area contributed by atoms with E-state index in [1.807, 2.05) is 18.2 Å². The van der Waals surface area contributed by atoms with Gasteiger partial charge >= 0.3 is 0 Å². The Morgan fingerprint density at radius 3 is 2.73 bits per heavy atom. The molecule has 0 saturated carbocycles. The van der Waals surface area contributed by atoms with Crippen LogP contribution in [0.2, 0.25) is 0 Å². The van der Waals surface area contributed by atoms with Crippen molar-refractivity contribution >= 4 is 0 Å². The van der Waals surface area contributed by atoms with Crippen molar-refractivity contribution in [3.05, 3.63) is 70.5 Å². The molecule has 1 saturated heterocycles. The van der Waals surface area contributed by atoms with Crippen LogP contribution in [0.25, 0.3) is 0 Å². The Morgan fingerprint density at radius 1 is 1.14 bits per heavy atom. The molecule has 22 heavy (non-hydrogen) atoms. The Hall–Kier alpha value is -1.75. The molecule has 1 aliphatic carbocycles. The molecule has 0 radical (unpaired) electrons. The first-order valence-electron chi connectivity index (χ1n) is 7.47. The minimum atomic E-state index is -1.57. The average molecular weight is 300 g/mol. The van der Waals surface area contributed by atoms with Crippen LogP contribution in [-0.2, 0) is 11.2 Å². The molecule has 2 aromatic rings. The maximum Gasteiger partial charge on any atom is 0.190 e. The zero-order valence-corrected chi connectivity index (χ0v) is 12.0. The number of ether oxygens (including phenoxy) is 1. The molecule has 3 nitrogen and oxygen atoms in total. The first-order valence-corrected chi connectivity index (χ1v) is 7.47. The average Bonchev–Trinajstić information content (AvgIpc) is 2.82. The van der Waals surface area contributed by atoms with E-state index in [0.717, 1.165) is 28.7 Å². The number of aliphatic hydroxyl groups is 2. The lowest BCUT2D eigenvalue weighted by atomic mass is 9.87. The molecule has 1 fully saturated rings. The van der Waals surface area contributed by atoms with Crippen LogP contribution in [-0.4, -0.2) is 22.6 Å².